The summed E-state index contributed by atoms with van der Waals surface area (Å²) in [6.07, 6.45) is 0. The Balaban J connectivity index is 2.55. The van der Waals surface area contributed by atoms with E-state index in [1.165, 1.54) is 0 Å². The Morgan fingerprint density at radius 2 is 2.25 bits per heavy atom. The monoisotopic (exact) mass is 73.0 g/mol. The summed E-state index contributed by atoms with van der Waals surface area (Å²) < 4.78 is 0. The van der Waals surface area contributed by atoms with Gasteiger partial charge in [0, 0.05) is 0 Å². The molecule has 1 unspecified atom stereocenters. The van der Waals surface area contributed by atoms with Crippen molar-refractivity contribution in [2.75, 3.05) is 7.05 Å². The summed E-state index contributed by atoms with van der Waals surface area (Å²) in [4.78, 5) is 3.57. The molecule has 0 N–H and O–H groups in total. The third kappa shape index (κ3) is 2.29. The van der Waals surface area contributed by atoms with Crippen LogP contribution in [-0.4, -0.2) is 13.8 Å². The molecule has 0 saturated carbocycles. The van der Waals surface area contributed by atoms with E-state index >= 15 is 0 Å². The molecule has 0 aromatic heterocycles. The minimum atomic E-state index is 1.67. The molecule has 0 bridgehead atoms. The van der Waals surface area contributed by atoms with Crippen molar-refractivity contribution in [3.8, 4) is 0 Å². The van der Waals surface area contributed by atoms with Gasteiger partial charge in [-0.1, -0.05) is 0 Å². The molecule has 0 spiro atoms. The molecule has 0 aliphatic rings. The third-order valence-corrected chi connectivity index (χ3v) is 0.447. The zero-order valence-electron chi connectivity index (χ0n) is 2.60. The molecule has 0 radical (unpaired) electrons. The van der Waals surface area contributed by atoms with Crippen molar-refractivity contribution in [1.29, 1.82) is 0 Å². The average molecular weight is 72.8 g/mol. The number of nitrogens with zero attached hydrogens (tertiary/aromatic N) is 1. The van der Waals surface area contributed by atoms with Gasteiger partial charge in [-0.05, 0) is 0 Å². The Bertz CT molecular complexity index is 23.2. The summed E-state index contributed by atoms with van der Waals surface area (Å²) in [7, 11) is 4.09. The summed E-state index contributed by atoms with van der Waals surface area (Å²) in [6, 6.07) is 0. The van der Waals surface area contributed by atoms with Crippen LogP contribution in [0.3, 0.4) is 0 Å². The number of hydrogen-bond donors (Lipinski definition) is 0. The Hall–Kier alpha value is 0.295. The first-order valence-corrected chi connectivity index (χ1v) is 1.71. The predicted molar refractivity (Wildman–Crippen MR) is 23.8 cm³/mol. The van der Waals surface area contributed by atoms with Crippen LogP contribution in [0.4, 0.5) is 0 Å². The Labute approximate surface area is 28.9 Å². The summed E-state index contributed by atoms with van der Waals surface area (Å²) >= 11 is 0. The summed E-state index contributed by atoms with van der Waals surface area (Å²) in [5.74, 6) is 0. The van der Waals surface area contributed by atoms with Gasteiger partial charge >= 0.3 is 27.9 Å². The van der Waals surface area contributed by atoms with Gasteiger partial charge in [-0.2, -0.15) is 0 Å². The summed E-state index contributed by atoms with van der Waals surface area (Å²) in [5.41, 5.74) is 0. The molecule has 22 valence electrons. The first kappa shape index (κ1) is 4.29. The van der Waals surface area contributed by atoms with Crippen molar-refractivity contribution >= 4 is 15.9 Å². The molecule has 0 aromatic carbocycles. The van der Waals surface area contributed by atoms with Crippen molar-refractivity contribution in [1.82, 2.24) is 0 Å². The van der Waals surface area contributed by atoms with Gasteiger partial charge in [0.25, 0.3) is 0 Å². The molecule has 4 heavy (non-hydrogen) atoms. The van der Waals surface area contributed by atoms with Crippen LogP contribution < -0.4 is 0 Å². The van der Waals surface area contributed by atoms with Crippen LogP contribution in [-0.2, 0) is 0 Å². The van der Waals surface area contributed by atoms with Crippen LogP contribution in [0.1, 0.15) is 0 Å². The van der Waals surface area contributed by atoms with E-state index in [0.717, 1.165) is 0 Å². The van der Waals surface area contributed by atoms with E-state index in [1.54, 1.807) is 13.8 Å². The van der Waals surface area contributed by atoms with Gasteiger partial charge in [0.2, 0.25) is 0 Å². The van der Waals surface area contributed by atoms with Crippen molar-refractivity contribution in [2.24, 2.45) is 4.90 Å². The van der Waals surface area contributed by atoms with Gasteiger partial charge < -0.3 is 0 Å². The molecule has 0 aromatic rings. The van der Waals surface area contributed by atoms with Crippen LogP contribution in [0.5, 0.6) is 0 Å². The molecular formula is CH5BNP. The average Bonchev–Trinajstić information content (AvgIpc) is 1.37. The molecule has 0 saturated heterocycles. The second-order valence-electron chi connectivity index (χ2n) is 0.407. The summed E-state index contributed by atoms with van der Waals surface area (Å²) in [6.45, 7) is 1.67. The zero-order chi connectivity index (χ0) is 3.41. The first-order valence-electron chi connectivity index (χ1n) is 1.04. The van der Waals surface area contributed by atoms with Gasteiger partial charge in [-0.15, -0.1) is 0 Å². The van der Waals surface area contributed by atoms with Crippen molar-refractivity contribution < 1.29 is 0 Å². The molecule has 0 aliphatic carbocycles. The van der Waals surface area contributed by atoms with Gasteiger partial charge in [-0.25, -0.2) is 0 Å². The second-order valence-corrected chi connectivity index (χ2v) is 0.705. The maximum atomic E-state index is 3.57. The third-order valence-electron chi connectivity index (χ3n) is 0.149. The van der Waals surface area contributed by atoms with Crippen LogP contribution >= 0.6 is 9.12 Å². The first-order chi connectivity index (χ1) is 1.91. The van der Waals surface area contributed by atoms with E-state index in [4.69, 9.17) is 0 Å². The maximum absolute atomic E-state index is 3.57. The predicted octanol–water partition coefficient (Wildman–Crippen LogP) is 0.294. The Kier molecular flexibility index (Phi) is 3.54. The van der Waals surface area contributed by atoms with Crippen LogP contribution in [0.2, 0.25) is 0 Å². The van der Waals surface area contributed by atoms with Crippen LogP contribution in [0.25, 0.3) is 0 Å². The molecule has 0 amide bonds. The van der Waals surface area contributed by atoms with Crippen molar-refractivity contribution in [2.45, 2.75) is 0 Å². The SMILES string of the molecule is CN=BP. The molecule has 1 nitrogen and oxygen atoms in total. The van der Waals surface area contributed by atoms with Crippen LogP contribution in [0.15, 0.2) is 4.90 Å². The van der Waals surface area contributed by atoms with Gasteiger partial charge in [0.1, 0.15) is 0 Å². The molecular weight excluding hydrogens is 67.8 g/mol. The van der Waals surface area contributed by atoms with Crippen molar-refractivity contribution in [3.05, 3.63) is 0 Å². The van der Waals surface area contributed by atoms with Gasteiger partial charge in [0.15, 0.2) is 0 Å². The minimum absolute atomic E-state index is 1.67. The Morgan fingerprint density at radius 1 is 2.00 bits per heavy atom. The Morgan fingerprint density at radius 3 is 2.25 bits per heavy atom. The molecule has 3 heteroatoms. The molecule has 0 aliphatic heterocycles. The fourth-order valence-corrected chi connectivity index (χ4v) is 0. The second kappa shape index (κ2) is 3.29. The number of hydrogen-bond acceptors (Lipinski definition) is 1. The van der Waals surface area contributed by atoms with E-state index in [-0.39, 0.29) is 0 Å². The number of rotatable bonds is 0. The van der Waals surface area contributed by atoms with E-state index in [2.05, 4.69) is 14.0 Å². The zero-order valence-corrected chi connectivity index (χ0v) is 3.76. The quantitative estimate of drug-likeness (QED) is 0.288. The fourth-order valence-electron chi connectivity index (χ4n) is 0. The topological polar surface area (TPSA) is 12.4 Å². The van der Waals surface area contributed by atoms with E-state index in [0.29, 0.717) is 0 Å². The van der Waals surface area contributed by atoms with Gasteiger partial charge in [-0.3, -0.25) is 0 Å². The normalized spacial score (nSPS) is 7.50. The molecule has 0 heterocycles. The van der Waals surface area contributed by atoms with Gasteiger partial charge in [0.05, 0.1) is 0 Å². The van der Waals surface area contributed by atoms with E-state index < -0.39 is 0 Å². The van der Waals surface area contributed by atoms with Crippen LogP contribution in [0, 0.1) is 0 Å². The molecule has 1 atom stereocenters. The molecule has 0 fully saturated rings. The molecule has 0 rings (SSSR count). The van der Waals surface area contributed by atoms with Crippen molar-refractivity contribution in [3.63, 3.8) is 0 Å². The summed E-state index contributed by atoms with van der Waals surface area (Å²) in [5, 5.41) is 0. The van der Waals surface area contributed by atoms with E-state index in [9.17, 15) is 0 Å². The van der Waals surface area contributed by atoms with E-state index in [1.807, 2.05) is 0 Å². The standard InChI is InChI=1S/CH5BNP/c1-3-2-4/h4H2,1H3. The fraction of sp³-hybridized carbons (Fsp3) is 1.00.